The van der Waals surface area contributed by atoms with Crippen molar-refractivity contribution < 1.29 is 0 Å². The molecule has 0 bridgehead atoms. The van der Waals surface area contributed by atoms with E-state index in [1.807, 2.05) is 0 Å². The van der Waals surface area contributed by atoms with Gasteiger partial charge in [0.05, 0.1) is 0 Å². The number of rotatable bonds is 3. The van der Waals surface area contributed by atoms with E-state index in [1.165, 1.54) is 12.1 Å². The van der Waals surface area contributed by atoms with Crippen LogP contribution in [0.3, 0.4) is 0 Å². The second-order valence-corrected chi connectivity index (χ2v) is 36.7. The molecule has 62 valence electrons. The van der Waals surface area contributed by atoms with E-state index < -0.39 is 10.6 Å². The van der Waals surface area contributed by atoms with Crippen molar-refractivity contribution in [3.05, 3.63) is 0 Å². The first kappa shape index (κ1) is 12.4. The largest absolute Gasteiger partial charge is 0.267 e. The van der Waals surface area contributed by atoms with Crippen molar-refractivity contribution in [3.8, 4) is 0 Å². The van der Waals surface area contributed by atoms with Crippen LogP contribution >= 0.6 is 61.2 Å². The highest BCUT2D eigenvalue weighted by atomic mass is 80.0. The number of hydrogen-bond donors (Lipinski definition) is 0. The zero-order valence-electron chi connectivity index (χ0n) is 5.93. The Morgan fingerprint density at radius 3 is 1.40 bits per heavy atom. The lowest BCUT2D eigenvalue weighted by Gasteiger charge is -2.16. The Hall–Kier alpha value is 2.35. The summed E-state index contributed by atoms with van der Waals surface area (Å²) < 4.78 is -1.32. The summed E-state index contributed by atoms with van der Waals surface area (Å²) in [7, 11) is 0. The van der Waals surface area contributed by atoms with E-state index in [0.717, 1.165) is 0 Å². The Labute approximate surface area is 95.9 Å². The summed E-state index contributed by atoms with van der Waals surface area (Å²) in [6.45, 7) is 3.63. The fraction of sp³-hybridized carbons (Fsp3) is 1.00. The average Bonchev–Trinajstić information content (AvgIpc) is 1.57. The monoisotopic (exact) mass is 430 g/mol. The second-order valence-electron chi connectivity index (χ2n) is 2.83. The summed E-state index contributed by atoms with van der Waals surface area (Å²) in [5.41, 5.74) is 0. The molecule has 0 saturated heterocycles. The molecule has 0 aliphatic rings. The zero-order chi connectivity index (χ0) is 8.41. The van der Waals surface area contributed by atoms with Crippen molar-refractivity contribution in [2.45, 2.75) is 25.2 Å². The van der Waals surface area contributed by atoms with Gasteiger partial charge in [0.15, 0.2) is 0 Å². The summed E-state index contributed by atoms with van der Waals surface area (Å²) >= 11 is 14.5. The Morgan fingerprint density at radius 2 is 1.30 bits per heavy atom. The van der Waals surface area contributed by atoms with Crippen molar-refractivity contribution in [2.24, 2.45) is 0 Å². The molecule has 0 aliphatic carbocycles. The first-order chi connectivity index (χ1) is 4.21. The molecule has 0 N–H and O–H groups in total. The molecular weight excluding hydrogens is 424 g/mol. The van der Waals surface area contributed by atoms with Crippen molar-refractivity contribution in [3.63, 3.8) is 0 Å². The molecule has 0 aromatic carbocycles. The number of hydrogen-bond acceptors (Lipinski definition) is 0. The van der Waals surface area contributed by atoms with Gasteiger partial charge in [-0.1, -0.05) is 59.0 Å². The molecule has 0 aromatic heterocycles. The quantitative estimate of drug-likeness (QED) is 0.446. The predicted molar refractivity (Wildman–Crippen MR) is 68.6 cm³/mol. The first-order valence-electron chi connectivity index (χ1n) is 2.96. The Balaban J connectivity index is 3.56. The van der Waals surface area contributed by atoms with Crippen LogP contribution in [-0.4, -0.2) is 10.6 Å². The molecule has 0 nitrogen and oxygen atoms in total. The van der Waals surface area contributed by atoms with E-state index in [4.69, 9.17) is 0 Å². The summed E-state index contributed by atoms with van der Waals surface area (Å²) in [6, 6.07) is 2.54. The highest BCUT2D eigenvalue weighted by Crippen LogP contribution is 2.36. The minimum Gasteiger partial charge on any atom is -0.127 e. The van der Waals surface area contributed by atoms with Crippen LogP contribution in [0.5, 0.6) is 0 Å². The smallest absolute Gasteiger partial charge is 0.127 e. The van der Waals surface area contributed by atoms with Gasteiger partial charge in [-0.3, -0.25) is 0 Å². The van der Waals surface area contributed by atoms with E-state index in [0.29, 0.717) is 0 Å². The molecule has 0 aromatic rings. The Morgan fingerprint density at radius 1 is 0.900 bits per heavy atom. The lowest BCUT2D eigenvalue weighted by Crippen LogP contribution is -2.19. The van der Waals surface area contributed by atoms with Crippen LogP contribution in [0.4, 0.5) is 0 Å². The minimum atomic E-state index is -1.32. The van der Waals surface area contributed by atoms with Crippen LogP contribution in [0.2, 0.25) is 25.2 Å². The first-order valence-corrected chi connectivity index (χ1v) is 17.4. The van der Waals surface area contributed by atoms with Crippen molar-refractivity contribution in [1.82, 2.24) is 0 Å². The van der Waals surface area contributed by atoms with E-state index in [2.05, 4.69) is 74.3 Å². The van der Waals surface area contributed by atoms with E-state index in [-0.39, 0.29) is 0 Å². The Kier molecular flexibility index (Phi) is 5.62. The molecule has 0 radical (unpaired) electrons. The summed E-state index contributed by atoms with van der Waals surface area (Å²) in [6.07, 6.45) is 0. The lowest BCUT2D eigenvalue weighted by molar-refractivity contribution is 1.38. The van der Waals surface area contributed by atoms with Crippen LogP contribution in [0.25, 0.3) is 0 Å². The maximum Gasteiger partial charge on any atom is 0.267 e. The SMILES string of the molecule is C[Si](C)(Br)CC[Si](Br)(Br)Br. The van der Waals surface area contributed by atoms with Crippen molar-refractivity contribution >= 4 is 71.8 Å². The number of halogens is 4. The maximum atomic E-state index is 3.73. The third-order valence-electron chi connectivity index (χ3n) is 1.00. The van der Waals surface area contributed by atoms with E-state index in [9.17, 15) is 0 Å². The van der Waals surface area contributed by atoms with Gasteiger partial charge < -0.3 is 0 Å². The summed E-state index contributed by atoms with van der Waals surface area (Å²) in [5, 5.41) is 0. The van der Waals surface area contributed by atoms with Gasteiger partial charge in [-0.25, -0.2) is 0 Å². The fourth-order valence-electron chi connectivity index (χ4n) is 0.439. The lowest BCUT2D eigenvalue weighted by atomic mass is 10.9. The third-order valence-corrected chi connectivity index (χ3v) is 8.52. The molecule has 0 atom stereocenters. The molecule has 0 spiro atoms. The van der Waals surface area contributed by atoms with Crippen LogP contribution in [0.15, 0.2) is 0 Å². The van der Waals surface area contributed by atoms with Gasteiger partial charge in [0, 0.05) is 0 Å². The Bertz CT molecular complexity index is 88.8. The maximum absolute atomic E-state index is 3.73. The predicted octanol–water partition coefficient (Wildman–Crippen LogP) is 4.71. The molecule has 0 saturated carbocycles. The standard InChI is InChI=1S/C4H10Br4Si2/c1-9(2,5)3-4-10(6,7)8/h3-4H2,1-2H3. The molecule has 0 aliphatic heterocycles. The third kappa shape index (κ3) is 10.4. The van der Waals surface area contributed by atoms with Gasteiger partial charge in [-0.05, 0) is 12.1 Å². The topological polar surface area (TPSA) is 0 Å². The molecule has 0 unspecified atom stereocenters. The van der Waals surface area contributed by atoms with E-state index in [1.54, 1.807) is 0 Å². The van der Waals surface area contributed by atoms with Gasteiger partial charge in [0.25, 0.3) is 3.93 Å². The summed E-state index contributed by atoms with van der Waals surface area (Å²) in [4.78, 5) is 0. The molecule has 10 heavy (non-hydrogen) atoms. The van der Waals surface area contributed by atoms with E-state index >= 15 is 0 Å². The summed E-state index contributed by atoms with van der Waals surface area (Å²) in [5.74, 6) is 0. The van der Waals surface area contributed by atoms with Crippen molar-refractivity contribution in [2.75, 3.05) is 0 Å². The van der Waals surface area contributed by atoms with Gasteiger partial charge in [-0.2, -0.15) is 0 Å². The molecule has 0 heterocycles. The molecule has 0 rings (SSSR count). The normalized spacial score (nSPS) is 13.8. The second kappa shape index (κ2) is 4.55. The van der Waals surface area contributed by atoms with Gasteiger partial charge in [0.1, 0.15) is 6.69 Å². The van der Waals surface area contributed by atoms with Crippen LogP contribution in [-0.2, 0) is 0 Å². The molecule has 0 fully saturated rings. The zero-order valence-corrected chi connectivity index (χ0v) is 14.3. The highest BCUT2D eigenvalue weighted by molar-refractivity contribution is 9.72. The van der Waals surface area contributed by atoms with Crippen molar-refractivity contribution in [1.29, 1.82) is 0 Å². The average molecular weight is 434 g/mol. The van der Waals surface area contributed by atoms with Gasteiger partial charge in [-0.15, -0.1) is 15.3 Å². The minimum absolute atomic E-state index is 1.01. The van der Waals surface area contributed by atoms with Crippen LogP contribution in [0.1, 0.15) is 0 Å². The van der Waals surface area contributed by atoms with Gasteiger partial charge in [0.2, 0.25) is 0 Å². The molecular formula is C4H10Br4Si2. The van der Waals surface area contributed by atoms with Gasteiger partial charge >= 0.3 is 0 Å². The highest BCUT2D eigenvalue weighted by Gasteiger charge is 2.26. The van der Waals surface area contributed by atoms with Crippen LogP contribution in [0, 0.1) is 0 Å². The molecule has 6 heteroatoms. The molecule has 0 amide bonds. The van der Waals surface area contributed by atoms with Crippen LogP contribution < -0.4 is 0 Å². The fourth-order valence-corrected chi connectivity index (χ4v) is 11.1.